The minimum absolute atomic E-state index is 0.304. The second kappa shape index (κ2) is 5.14. The van der Waals surface area contributed by atoms with Gasteiger partial charge in [-0.25, -0.2) is 9.18 Å². The summed E-state index contributed by atoms with van der Waals surface area (Å²) in [5.41, 5.74) is 0.713. The van der Waals surface area contributed by atoms with Gasteiger partial charge in [0.25, 0.3) is 0 Å². The summed E-state index contributed by atoms with van der Waals surface area (Å²) >= 11 is 0. The van der Waals surface area contributed by atoms with Crippen LogP contribution in [0, 0.1) is 5.82 Å². The second-order valence-electron chi connectivity index (χ2n) is 3.10. The van der Waals surface area contributed by atoms with Crippen molar-refractivity contribution in [2.75, 3.05) is 18.5 Å². The summed E-state index contributed by atoms with van der Waals surface area (Å²) in [5, 5.41) is 8.38. The molecule has 0 spiro atoms. The van der Waals surface area contributed by atoms with Crippen LogP contribution in [0.5, 0.6) is 0 Å². The van der Waals surface area contributed by atoms with E-state index < -0.39 is 5.97 Å². The van der Waals surface area contributed by atoms with E-state index in [2.05, 4.69) is 0 Å². The molecule has 0 aliphatic rings. The summed E-state index contributed by atoms with van der Waals surface area (Å²) in [7, 11) is 1.76. The molecule has 0 saturated carbocycles. The first kappa shape index (κ1) is 11.2. The van der Waals surface area contributed by atoms with Crippen molar-refractivity contribution in [3.8, 4) is 0 Å². The molecule has 1 N–H and O–H groups in total. The Morgan fingerprint density at radius 2 is 2.33 bits per heavy atom. The topological polar surface area (TPSA) is 40.5 Å². The SMILES string of the molecule is CN(CC=CC(=O)O)c1cccc(F)c1. The zero-order chi connectivity index (χ0) is 11.3. The normalized spacial score (nSPS) is 10.5. The van der Waals surface area contributed by atoms with Gasteiger partial charge in [0.15, 0.2) is 0 Å². The first-order chi connectivity index (χ1) is 7.09. The van der Waals surface area contributed by atoms with Crippen LogP contribution in [0.2, 0.25) is 0 Å². The number of carboxylic acid groups (broad SMARTS) is 1. The Balaban J connectivity index is 2.61. The Kier molecular flexibility index (Phi) is 3.85. The van der Waals surface area contributed by atoms with Gasteiger partial charge in [-0.1, -0.05) is 12.1 Å². The van der Waals surface area contributed by atoms with E-state index in [9.17, 15) is 9.18 Å². The molecule has 0 radical (unpaired) electrons. The first-order valence-electron chi connectivity index (χ1n) is 4.46. The third kappa shape index (κ3) is 3.81. The van der Waals surface area contributed by atoms with Crippen LogP contribution in [0.3, 0.4) is 0 Å². The Labute approximate surface area is 87.4 Å². The van der Waals surface area contributed by atoms with Crippen LogP contribution in [0.1, 0.15) is 0 Å². The standard InChI is InChI=1S/C11H12FNO2/c1-13(7-3-6-11(14)15)10-5-2-4-9(12)8-10/h2-6,8H,7H2,1H3,(H,14,15). The van der Waals surface area contributed by atoms with Crippen LogP contribution in [-0.2, 0) is 4.79 Å². The summed E-state index contributed by atoms with van der Waals surface area (Å²) < 4.78 is 12.8. The Hall–Kier alpha value is -1.84. The number of hydrogen-bond donors (Lipinski definition) is 1. The average molecular weight is 209 g/mol. The van der Waals surface area contributed by atoms with E-state index in [4.69, 9.17) is 5.11 Å². The lowest BCUT2D eigenvalue weighted by Gasteiger charge is -2.16. The van der Waals surface area contributed by atoms with Crippen molar-refractivity contribution in [3.05, 3.63) is 42.2 Å². The van der Waals surface area contributed by atoms with Crippen molar-refractivity contribution < 1.29 is 14.3 Å². The number of carbonyl (C=O) groups is 1. The monoisotopic (exact) mass is 209 g/mol. The molecular formula is C11H12FNO2. The van der Waals surface area contributed by atoms with Crippen molar-refractivity contribution in [1.29, 1.82) is 0 Å². The molecular weight excluding hydrogens is 197 g/mol. The van der Waals surface area contributed by atoms with Gasteiger partial charge in [-0.15, -0.1) is 0 Å². The van der Waals surface area contributed by atoms with E-state index in [1.807, 2.05) is 0 Å². The molecule has 80 valence electrons. The molecule has 0 unspecified atom stereocenters. The highest BCUT2D eigenvalue weighted by Crippen LogP contribution is 2.13. The molecule has 0 amide bonds. The van der Waals surface area contributed by atoms with Crippen LogP contribution in [0.4, 0.5) is 10.1 Å². The van der Waals surface area contributed by atoms with Crippen molar-refractivity contribution >= 4 is 11.7 Å². The van der Waals surface area contributed by atoms with Crippen LogP contribution >= 0.6 is 0 Å². The van der Waals surface area contributed by atoms with E-state index >= 15 is 0 Å². The van der Waals surface area contributed by atoms with E-state index in [-0.39, 0.29) is 5.82 Å². The number of benzene rings is 1. The molecule has 3 nitrogen and oxygen atoms in total. The predicted molar refractivity (Wildman–Crippen MR) is 56.4 cm³/mol. The molecule has 0 aliphatic carbocycles. The van der Waals surface area contributed by atoms with Gasteiger partial charge in [0, 0.05) is 25.4 Å². The number of carboxylic acids is 1. The van der Waals surface area contributed by atoms with Crippen LogP contribution in [0.25, 0.3) is 0 Å². The molecule has 0 bridgehead atoms. The van der Waals surface area contributed by atoms with Crippen LogP contribution in [0.15, 0.2) is 36.4 Å². The number of nitrogens with zero attached hydrogens (tertiary/aromatic N) is 1. The van der Waals surface area contributed by atoms with Gasteiger partial charge in [0.2, 0.25) is 0 Å². The highest BCUT2D eigenvalue weighted by Gasteiger charge is 1.99. The molecule has 0 heterocycles. The quantitative estimate of drug-likeness (QED) is 0.770. The highest BCUT2D eigenvalue weighted by molar-refractivity contribution is 5.79. The smallest absolute Gasteiger partial charge is 0.328 e. The average Bonchev–Trinajstić information content (AvgIpc) is 2.17. The Morgan fingerprint density at radius 3 is 2.93 bits per heavy atom. The summed E-state index contributed by atoms with van der Waals surface area (Å²) in [6, 6.07) is 6.14. The van der Waals surface area contributed by atoms with E-state index in [0.29, 0.717) is 12.2 Å². The van der Waals surface area contributed by atoms with Gasteiger partial charge in [-0.3, -0.25) is 0 Å². The van der Waals surface area contributed by atoms with Crippen LogP contribution < -0.4 is 4.90 Å². The van der Waals surface area contributed by atoms with Gasteiger partial charge in [0.05, 0.1) is 0 Å². The fraction of sp³-hybridized carbons (Fsp3) is 0.182. The molecule has 1 aromatic rings. The highest BCUT2D eigenvalue weighted by atomic mass is 19.1. The summed E-state index contributed by atoms with van der Waals surface area (Å²) in [6.07, 6.45) is 2.57. The largest absolute Gasteiger partial charge is 0.478 e. The van der Waals surface area contributed by atoms with E-state index in [1.54, 1.807) is 24.1 Å². The van der Waals surface area contributed by atoms with E-state index in [1.165, 1.54) is 18.2 Å². The number of halogens is 1. The second-order valence-corrected chi connectivity index (χ2v) is 3.10. The molecule has 1 rings (SSSR count). The number of anilines is 1. The van der Waals surface area contributed by atoms with Gasteiger partial charge in [-0.05, 0) is 18.2 Å². The lowest BCUT2D eigenvalue weighted by Crippen LogP contribution is -2.17. The summed E-state index contributed by atoms with van der Waals surface area (Å²) in [5.74, 6) is -1.29. The molecule has 0 aliphatic heterocycles. The van der Waals surface area contributed by atoms with Crippen molar-refractivity contribution in [3.63, 3.8) is 0 Å². The van der Waals surface area contributed by atoms with Crippen molar-refractivity contribution in [2.45, 2.75) is 0 Å². The predicted octanol–water partition coefficient (Wildman–Crippen LogP) is 1.90. The number of rotatable bonds is 4. The fourth-order valence-electron chi connectivity index (χ4n) is 1.13. The Bertz CT molecular complexity index is 377. The van der Waals surface area contributed by atoms with Crippen molar-refractivity contribution in [1.82, 2.24) is 0 Å². The third-order valence-electron chi connectivity index (χ3n) is 1.89. The van der Waals surface area contributed by atoms with Crippen LogP contribution in [-0.4, -0.2) is 24.7 Å². The molecule has 0 fully saturated rings. The van der Waals surface area contributed by atoms with Gasteiger partial charge < -0.3 is 10.0 Å². The first-order valence-corrected chi connectivity index (χ1v) is 4.46. The molecule has 1 aromatic carbocycles. The maximum Gasteiger partial charge on any atom is 0.328 e. The maximum absolute atomic E-state index is 12.8. The maximum atomic E-state index is 12.8. The molecule has 0 atom stereocenters. The fourth-order valence-corrected chi connectivity index (χ4v) is 1.13. The number of likely N-dealkylation sites (N-methyl/N-ethyl adjacent to an activating group) is 1. The van der Waals surface area contributed by atoms with Crippen molar-refractivity contribution in [2.24, 2.45) is 0 Å². The minimum Gasteiger partial charge on any atom is -0.478 e. The molecule has 4 heteroatoms. The molecule has 0 saturated heterocycles. The number of hydrogen-bond acceptors (Lipinski definition) is 2. The zero-order valence-electron chi connectivity index (χ0n) is 8.35. The van der Waals surface area contributed by atoms with E-state index in [0.717, 1.165) is 6.08 Å². The number of aliphatic carboxylic acids is 1. The molecule has 15 heavy (non-hydrogen) atoms. The van der Waals surface area contributed by atoms with Gasteiger partial charge >= 0.3 is 5.97 Å². The Morgan fingerprint density at radius 1 is 1.60 bits per heavy atom. The lowest BCUT2D eigenvalue weighted by atomic mass is 10.3. The summed E-state index contributed by atoms with van der Waals surface area (Å²) in [6.45, 7) is 0.426. The lowest BCUT2D eigenvalue weighted by molar-refractivity contribution is -0.131. The third-order valence-corrected chi connectivity index (χ3v) is 1.89. The van der Waals surface area contributed by atoms with Gasteiger partial charge in [-0.2, -0.15) is 0 Å². The summed E-state index contributed by atoms with van der Waals surface area (Å²) in [4.78, 5) is 12.0. The minimum atomic E-state index is -0.984. The zero-order valence-corrected chi connectivity index (χ0v) is 8.35. The van der Waals surface area contributed by atoms with Gasteiger partial charge in [0.1, 0.15) is 5.82 Å². The molecule has 0 aromatic heterocycles.